The molecule has 1 N–H and O–H groups in total. The van der Waals surface area contributed by atoms with Gasteiger partial charge in [0.05, 0.1) is 6.61 Å². The van der Waals surface area contributed by atoms with Crippen LogP contribution >= 0.6 is 7.37 Å². The highest BCUT2D eigenvalue weighted by Crippen LogP contribution is 2.57. The van der Waals surface area contributed by atoms with Crippen LogP contribution in [0, 0.1) is 5.92 Å². The van der Waals surface area contributed by atoms with Crippen molar-refractivity contribution in [1.29, 1.82) is 0 Å². The normalized spacial score (nSPS) is 15.1. The molecule has 0 aliphatic heterocycles. The van der Waals surface area contributed by atoms with Crippen LogP contribution in [-0.4, -0.2) is 30.8 Å². The van der Waals surface area contributed by atoms with Gasteiger partial charge in [0, 0.05) is 43.0 Å². The summed E-state index contributed by atoms with van der Waals surface area (Å²) in [6, 6.07) is 10.7. The van der Waals surface area contributed by atoms with Crippen molar-refractivity contribution in [3.63, 3.8) is 0 Å². The molecule has 0 fully saturated rings. The van der Waals surface area contributed by atoms with Crippen molar-refractivity contribution in [3.8, 4) is 0 Å². The van der Waals surface area contributed by atoms with E-state index in [1.807, 2.05) is 45.0 Å². The van der Waals surface area contributed by atoms with Gasteiger partial charge in [0.15, 0.2) is 5.85 Å². The number of rotatable bonds is 7. The summed E-state index contributed by atoms with van der Waals surface area (Å²) in [5, 5.41) is 11.3. The van der Waals surface area contributed by atoms with E-state index in [0.717, 1.165) is 5.69 Å². The fourth-order valence-electron chi connectivity index (χ4n) is 2.23. The number of benzene rings is 1. The highest BCUT2D eigenvalue weighted by Gasteiger charge is 2.36. The number of nitrogens with zero attached hydrogens (tertiary/aromatic N) is 2. The van der Waals surface area contributed by atoms with Crippen LogP contribution in [0.1, 0.15) is 25.3 Å². The van der Waals surface area contributed by atoms with E-state index in [0.29, 0.717) is 17.5 Å². The molecule has 1 aromatic carbocycles. The van der Waals surface area contributed by atoms with E-state index in [9.17, 15) is 9.67 Å². The number of hydrogen-bond acceptors (Lipinski definition) is 5. The third kappa shape index (κ3) is 4.23. The first-order valence-electron chi connectivity index (χ1n) is 7.95. The lowest BCUT2D eigenvalue weighted by molar-refractivity contribution is 0.202. The second-order valence-electron chi connectivity index (χ2n) is 6.36. The third-order valence-corrected chi connectivity index (χ3v) is 6.12. The molecule has 5 nitrogen and oxygen atoms in total. The maximum absolute atomic E-state index is 13.6. The second kappa shape index (κ2) is 7.93. The Bertz CT molecular complexity index is 687. The van der Waals surface area contributed by atoms with Crippen molar-refractivity contribution >= 4 is 18.4 Å². The molecule has 0 spiro atoms. The minimum atomic E-state index is -3.49. The van der Waals surface area contributed by atoms with Crippen molar-refractivity contribution in [3.05, 3.63) is 54.4 Å². The smallest absolute Gasteiger partial charge is 0.264 e. The Balaban J connectivity index is 2.41. The number of aliphatic hydroxyl groups excluding tert-OH is 1. The van der Waals surface area contributed by atoms with Gasteiger partial charge in [-0.3, -0.25) is 9.55 Å². The van der Waals surface area contributed by atoms with Crippen molar-refractivity contribution < 1.29 is 14.2 Å². The topological polar surface area (TPSA) is 62.7 Å². The molecule has 2 atom stereocenters. The first-order chi connectivity index (χ1) is 11.3. The van der Waals surface area contributed by atoms with E-state index in [2.05, 4.69) is 4.98 Å². The standard InChI is InChI=1S/C18H25N2O3P/c1-14(2)13-23-24(22,18(21)15-6-5-11-19-12-15)17-9-7-16(8-10-17)20(3)4/h5-12,14,18,21H,13H2,1-4H3. The summed E-state index contributed by atoms with van der Waals surface area (Å²) in [6.45, 7) is 4.27. The van der Waals surface area contributed by atoms with Crippen molar-refractivity contribution in [2.45, 2.75) is 19.7 Å². The highest BCUT2D eigenvalue weighted by atomic mass is 31.2. The molecule has 2 unspecified atom stereocenters. The van der Waals surface area contributed by atoms with Crippen LogP contribution in [-0.2, 0) is 9.09 Å². The summed E-state index contributed by atoms with van der Waals surface area (Å²) in [4.78, 5) is 5.96. The molecular formula is C18H25N2O3P. The van der Waals surface area contributed by atoms with E-state index in [4.69, 9.17) is 4.52 Å². The molecule has 0 bridgehead atoms. The summed E-state index contributed by atoms with van der Waals surface area (Å²) in [7, 11) is 0.386. The minimum Gasteiger partial charge on any atom is -0.378 e. The second-order valence-corrected chi connectivity index (χ2v) is 8.82. The van der Waals surface area contributed by atoms with E-state index < -0.39 is 13.2 Å². The summed E-state index contributed by atoms with van der Waals surface area (Å²) in [5.74, 6) is -1.03. The Labute approximate surface area is 143 Å². The average Bonchev–Trinajstić information content (AvgIpc) is 2.59. The number of aliphatic hydroxyl groups is 1. The minimum absolute atomic E-state index is 0.209. The molecule has 0 saturated heterocycles. The SMILES string of the molecule is CC(C)COP(=O)(c1ccc(N(C)C)cc1)C(O)c1cccnc1. The molecule has 0 saturated carbocycles. The molecule has 0 amide bonds. The molecule has 1 aromatic heterocycles. The van der Waals surface area contributed by atoms with Gasteiger partial charge in [-0.2, -0.15) is 0 Å². The van der Waals surface area contributed by atoms with Crippen LogP contribution in [0.15, 0.2) is 48.8 Å². The van der Waals surface area contributed by atoms with E-state index in [1.54, 1.807) is 30.5 Å². The Morgan fingerprint density at radius 3 is 2.38 bits per heavy atom. The zero-order chi connectivity index (χ0) is 17.7. The van der Waals surface area contributed by atoms with Crippen LogP contribution in [0.5, 0.6) is 0 Å². The molecular weight excluding hydrogens is 323 g/mol. The maximum Gasteiger partial charge on any atom is 0.264 e. The number of pyridine rings is 1. The lowest BCUT2D eigenvalue weighted by Gasteiger charge is -2.25. The Morgan fingerprint density at radius 1 is 1.21 bits per heavy atom. The van der Waals surface area contributed by atoms with Crippen LogP contribution in [0.4, 0.5) is 5.69 Å². The lowest BCUT2D eigenvalue weighted by Crippen LogP contribution is -2.17. The number of hydrogen-bond donors (Lipinski definition) is 1. The van der Waals surface area contributed by atoms with Gasteiger partial charge >= 0.3 is 0 Å². The van der Waals surface area contributed by atoms with Gasteiger partial charge in [-0.1, -0.05) is 19.9 Å². The van der Waals surface area contributed by atoms with Gasteiger partial charge in [-0.15, -0.1) is 0 Å². The monoisotopic (exact) mass is 348 g/mol. The molecule has 2 rings (SSSR count). The Kier molecular flexibility index (Phi) is 6.16. The zero-order valence-electron chi connectivity index (χ0n) is 14.6. The molecule has 130 valence electrons. The van der Waals surface area contributed by atoms with E-state index in [-0.39, 0.29) is 5.92 Å². The number of aromatic nitrogens is 1. The highest BCUT2D eigenvalue weighted by molar-refractivity contribution is 7.67. The molecule has 0 radical (unpaired) electrons. The largest absolute Gasteiger partial charge is 0.378 e. The molecule has 24 heavy (non-hydrogen) atoms. The van der Waals surface area contributed by atoms with E-state index in [1.165, 1.54) is 6.20 Å². The van der Waals surface area contributed by atoms with Gasteiger partial charge in [-0.25, -0.2) is 0 Å². The van der Waals surface area contributed by atoms with Crippen LogP contribution < -0.4 is 10.2 Å². The van der Waals surface area contributed by atoms with E-state index >= 15 is 0 Å². The van der Waals surface area contributed by atoms with Crippen molar-refractivity contribution in [1.82, 2.24) is 4.98 Å². The molecule has 2 aromatic rings. The summed E-state index contributed by atoms with van der Waals surface area (Å²) < 4.78 is 19.3. The fourth-order valence-corrected chi connectivity index (χ4v) is 4.43. The third-order valence-electron chi connectivity index (χ3n) is 3.63. The van der Waals surface area contributed by atoms with Crippen molar-refractivity contribution in [2.24, 2.45) is 5.92 Å². The van der Waals surface area contributed by atoms with Gasteiger partial charge < -0.3 is 14.5 Å². The first-order valence-corrected chi connectivity index (χ1v) is 9.64. The maximum atomic E-state index is 13.6. The summed E-state index contributed by atoms with van der Waals surface area (Å²) in [5.41, 5.74) is 1.48. The predicted molar refractivity (Wildman–Crippen MR) is 98.0 cm³/mol. The summed E-state index contributed by atoms with van der Waals surface area (Å²) >= 11 is 0. The molecule has 1 heterocycles. The average molecular weight is 348 g/mol. The quantitative estimate of drug-likeness (QED) is 0.777. The van der Waals surface area contributed by atoms with Gasteiger partial charge in [0.25, 0.3) is 7.37 Å². The van der Waals surface area contributed by atoms with Crippen LogP contribution in [0.2, 0.25) is 0 Å². The van der Waals surface area contributed by atoms with Crippen LogP contribution in [0.3, 0.4) is 0 Å². The Hall–Kier alpha value is -1.68. The zero-order valence-corrected chi connectivity index (χ0v) is 15.5. The number of anilines is 1. The molecule has 0 aliphatic carbocycles. The van der Waals surface area contributed by atoms with Crippen LogP contribution in [0.25, 0.3) is 0 Å². The lowest BCUT2D eigenvalue weighted by atomic mass is 10.2. The summed E-state index contributed by atoms with van der Waals surface area (Å²) in [6.07, 6.45) is 3.13. The fraction of sp³-hybridized carbons (Fsp3) is 0.389. The Morgan fingerprint density at radius 2 is 1.88 bits per heavy atom. The van der Waals surface area contributed by atoms with Gasteiger partial charge in [0.2, 0.25) is 0 Å². The van der Waals surface area contributed by atoms with Gasteiger partial charge in [0.1, 0.15) is 0 Å². The van der Waals surface area contributed by atoms with Crippen molar-refractivity contribution in [2.75, 3.05) is 25.6 Å². The predicted octanol–water partition coefficient (Wildman–Crippen LogP) is 3.41. The molecule has 6 heteroatoms. The van der Waals surface area contributed by atoms with Gasteiger partial charge in [-0.05, 0) is 36.2 Å². The molecule has 0 aliphatic rings. The first kappa shape index (κ1) is 18.7.